The van der Waals surface area contributed by atoms with Gasteiger partial charge in [0.15, 0.2) is 11.5 Å². The first kappa shape index (κ1) is 28.2. The summed E-state index contributed by atoms with van der Waals surface area (Å²) in [7, 11) is 0. The van der Waals surface area contributed by atoms with Gasteiger partial charge in [0.05, 0.1) is 4.88 Å². The summed E-state index contributed by atoms with van der Waals surface area (Å²) in [6, 6.07) is 12.4. The van der Waals surface area contributed by atoms with Crippen LogP contribution in [0.1, 0.15) is 43.6 Å². The predicted octanol–water partition coefficient (Wildman–Crippen LogP) is 6.64. The number of carbonyl (C=O) groups is 1. The van der Waals surface area contributed by atoms with Crippen molar-refractivity contribution in [2.24, 2.45) is 5.73 Å². The Morgan fingerprint density at radius 2 is 1.75 bits per heavy atom. The van der Waals surface area contributed by atoms with Gasteiger partial charge in [-0.25, -0.2) is 0 Å². The zero-order valence-corrected chi connectivity index (χ0v) is 22.3. The average Bonchev–Trinajstić information content (AvgIpc) is 3.55. The first-order valence-corrected chi connectivity index (χ1v) is 13.5. The molecule has 1 aromatic heterocycles. The fraction of sp³-hybridized carbons (Fsp3) is 0.444. The topological polar surface area (TPSA) is 64.8 Å². The minimum atomic E-state index is -3.63. The van der Waals surface area contributed by atoms with Gasteiger partial charge in [-0.1, -0.05) is 31.5 Å². The Morgan fingerprint density at radius 1 is 1.06 bits per heavy atom. The molecule has 36 heavy (non-hydrogen) atoms. The Bertz CT molecular complexity index is 1150. The van der Waals surface area contributed by atoms with Crippen molar-refractivity contribution in [1.82, 2.24) is 4.90 Å². The molecule has 2 aliphatic rings. The fourth-order valence-electron chi connectivity index (χ4n) is 4.05. The minimum absolute atomic E-state index is 0.364. The largest absolute Gasteiger partial charge is 0.486 e. The molecule has 0 aliphatic carbocycles. The van der Waals surface area contributed by atoms with Crippen molar-refractivity contribution in [3.05, 3.63) is 57.9 Å². The van der Waals surface area contributed by atoms with E-state index in [0.717, 1.165) is 29.3 Å². The van der Waals surface area contributed by atoms with Gasteiger partial charge in [-0.2, -0.15) is 8.78 Å². The number of carbonyl (C=O) groups excluding carboxylic acids is 1. The van der Waals surface area contributed by atoms with Crippen molar-refractivity contribution in [3.8, 4) is 11.5 Å². The van der Waals surface area contributed by atoms with Crippen molar-refractivity contribution in [1.29, 1.82) is 0 Å². The first-order chi connectivity index (χ1) is 17.3. The molecule has 1 amide bonds. The molecule has 2 aliphatic heterocycles. The molecule has 0 unspecified atom stereocenters. The molecule has 2 N–H and O–H groups in total. The number of aryl methyl sites for hydroxylation is 1. The van der Waals surface area contributed by atoms with Gasteiger partial charge in [-0.3, -0.25) is 4.79 Å². The van der Waals surface area contributed by atoms with Gasteiger partial charge in [0, 0.05) is 9.72 Å². The van der Waals surface area contributed by atoms with Crippen LogP contribution in [0, 0.1) is 0 Å². The second-order valence-corrected chi connectivity index (χ2v) is 9.88. The molecule has 0 radical (unpaired) electrons. The minimum Gasteiger partial charge on any atom is -0.486 e. The number of hydrogen-bond acceptors (Lipinski definition) is 5. The van der Waals surface area contributed by atoms with Gasteiger partial charge < -0.3 is 20.1 Å². The fourth-order valence-corrected chi connectivity index (χ4v) is 5.25. The molecule has 0 bridgehead atoms. The van der Waals surface area contributed by atoms with E-state index >= 15 is 0 Å². The molecule has 9 heteroatoms. The highest BCUT2D eigenvalue weighted by Gasteiger charge is 2.40. The Labute approximate surface area is 220 Å². The van der Waals surface area contributed by atoms with Crippen LogP contribution in [0.2, 0.25) is 5.02 Å². The van der Waals surface area contributed by atoms with Crippen molar-refractivity contribution in [3.63, 3.8) is 0 Å². The molecule has 1 fully saturated rings. The highest BCUT2D eigenvalue weighted by Crippen LogP contribution is 2.37. The van der Waals surface area contributed by atoms with Crippen LogP contribution in [0.5, 0.6) is 11.5 Å². The number of fused-ring (bicyclic) bond motifs is 2. The molecule has 0 atom stereocenters. The van der Waals surface area contributed by atoms with E-state index in [0.29, 0.717) is 28.3 Å². The Balaban J connectivity index is 0.000000189. The van der Waals surface area contributed by atoms with Crippen molar-refractivity contribution >= 4 is 38.9 Å². The molecule has 5 rings (SSSR count). The number of nitrogens with two attached hydrogens (primary N) is 1. The molecule has 1 saturated heterocycles. The van der Waals surface area contributed by atoms with Gasteiger partial charge >= 0.3 is 5.92 Å². The van der Waals surface area contributed by atoms with Crippen LogP contribution in [-0.4, -0.2) is 43.7 Å². The summed E-state index contributed by atoms with van der Waals surface area (Å²) < 4.78 is 38.4. The predicted molar refractivity (Wildman–Crippen MR) is 143 cm³/mol. The number of benzene rings is 2. The van der Waals surface area contributed by atoms with Gasteiger partial charge in [-0.15, -0.1) is 11.3 Å². The zero-order chi connectivity index (χ0) is 26.1. The number of likely N-dealkylation sites (tertiary alicyclic amines) is 1. The first-order valence-electron chi connectivity index (χ1n) is 12.3. The Morgan fingerprint density at radius 3 is 2.44 bits per heavy atom. The van der Waals surface area contributed by atoms with Crippen LogP contribution < -0.4 is 15.2 Å². The van der Waals surface area contributed by atoms with E-state index in [1.54, 1.807) is 18.2 Å². The van der Waals surface area contributed by atoms with Crippen LogP contribution in [0.15, 0.2) is 42.5 Å². The summed E-state index contributed by atoms with van der Waals surface area (Å²) in [4.78, 5) is 12.8. The van der Waals surface area contributed by atoms with E-state index < -0.39 is 11.8 Å². The molecule has 2 aromatic carbocycles. The summed E-state index contributed by atoms with van der Waals surface area (Å²) in [5.74, 6) is -3.47. The zero-order valence-electron chi connectivity index (χ0n) is 20.7. The molecular formula is C27H33ClF2N2O3S. The number of rotatable bonds is 6. The number of primary amides is 1. The van der Waals surface area contributed by atoms with E-state index in [4.69, 9.17) is 21.1 Å². The summed E-state index contributed by atoms with van der Waals surface area (Å²) in [6.45, 7) is 9.16. The lowest BCUT2D eigenvalue weighted by Gasteiger charge is -2.19. The standard InChI is InChI=1S/C15H21NO2.C10H6ClF2NOS.C2H6/c1-2-8-16(7-1)9-3-4-13-5-6-14-15(12-13)18-11-10-17-14;11-6-1-2-7-5(3-6)4-8(16-7)10(12,13)9(14)15;1-2/h5-6,12H,1-4,7-11H2;1-4H,(H2,14,15);1-2H3. The Kier molecular flexibility index (Phi) is 10.3. The maximum absolute atomic E-state index is 13.3. The quantitative estimate of drug-likeness (QED) is 0.382. The number of halogens is 3. The third-order valence-electron chi connectivity index (χ3n) is 5.84. The smallest absolute Gasteiger partial charge is 0.358 e. The average molecular weight is 539 g/mol. The Hall–Kier alpha value is -2.42. The SMILES string of the molecule is CC.NC(=O)C(F)(F)c1cc2cc(Cl)ccc2s1.c1cc2c(cc1CCCN1CCCC1)OCCO2. The molecule has 0 saturated carbocycles. The number of alkyl halides is 2. The molecule has 0 spiro atoms. The maximum Gasteiger partial charge on any atom is 0.358 e. The molecule has 3 heterocycles. The van der Waals surface area contributed by atoms with Gasteiger partial charge in [0.1, 0.15) is 13.2 Å². The van der Waals surface area contributed by atoms with Gasteiger partial charge in [0.2, 0.25) is 0 Å². The lowest BCUT2D eigenvalue weighted by atomic mass is 10.1. The van der Waals surface area contributed by atoms with Crippen LogP contribution in [0.4, 0.5) is 8.78 Å². The van der Waals surface area contributed by atoms with Gasteiger partial charge in [-0.05, 0) is 92.7 Å². The lowest BCUT2D eigenvalue weighted by Crippen LogP contribution is -2.31. The van der Waals surface area contributed by atoms with E-state index in [-0.39, 0.29) is 4.88 Å². The summed E-state index contributed by atoms with van der Waals surface area (Å²) in [5.41, 5.74) is 6.01. The van der Waals surface area contributed by atoms with E-state index in [9.17, 15) is 13.6 Å². The van der Waals surface area contributed by atoms with Crippen LogP contribution >= 0.6 is 22.9 Å². The van der Waals surface area contributed by atoms with Crippen LogP contribution in [0.25, 0.3) is 10.1 Å². The highest BCUT2D eigenvalue weighted by atomic mass is 35.5. The van der Waals surface area contributed by atoms with Crippen molar-refractivity contribution < 1.29 is 23.0 Å². The highest BCUT2D eigenvalue weighted by molar-refractivity contribution is 7.19. The molecular weight excluding hydrogens is 506 g/mol. The van der Waals surface area contributed by atoms with E-state index in [2.05, 4.69) is 22.8 Å². The lowest BCUT2D eigenvalue weighted by molar-refractivity contribution is -0.142. The number of amides is 1. The maximum atomic E-state index is 13.3. The second-order valence-electron chi connectivity index (χ2n) is 8.36. The van der Waals surface area contributed by atoms with Crippen molar-refractivity contribution in [2.75, 3.05) is 32.8 Å². The molecule has 5 nitrogen and oxygen atoms in total. The van der Waals surface area contributed by atoms with Crippen molar-refractivity contribution in [2.45, 2.75) is 45.5 Å². The van der Waals surface area contributed by atoms with E-state index in [1.807, 2.05) is 19.9 Å². The third-order valence-corrected chi connectivity index (χ3v) is 7.26. The summed E-state index contributed by atoms with van der Waals surface area (Å²) >= 11 is 6.56. The van der Waals surface area contributed by atoms with Crippen LogP contribution in [-0.2, 0) is 17.1 Å². The number of hydrogen-bond donors (Lipinski definition) is 1. The van der Waals surface area contributed by atoms with E-state index in [1.165, 1.54) is 50.5 Å². The number of ether oxygens (including phenoxy) is 2. The summed E-state index contributed by atoms with van der Waals surface area (Å²) in [5, 5.41) is 1.03. The molecule has 3 aromatic rings. The normalized spacial score (nSPS) is 15.0. The summed E-state index contributed by atoms with van der Waals surface area (Å²) in [6.07, 6.45) is 5.13. The second kappa shape index (κ2) is 13.2. The monoisotopic (exact) mass is 538 g/mol. The van der Waals surface area contributed by atoms with Crippen LogP contribution in [0.3, 0.4) is 0 Å². The number of nitrogens with zero attached hydrogens (tertiary/aromatic N) is 1. The molecule has 196 valence electrons. The van der Waals surface area contributed by atoms with Gasteiger partial charge in [0.25, 0.3) is 5.91 Å². The number of thiophene rings is 1. The third kappa shape index (κ3) is 7.31.